The third kappa shape index (κ3) is 6.86. The van der Waals surface area contributed by atoms with Gasteiger partial charge in [-0.15, -0.1) is 0 Å². The van der Waals surface area contributed by atoms with Crippen LogP contribution in [0.3, 0.4) is 0 Å². The van der Waals surface area contributed by atoms with Crippen molar-refractivity contribution in [2.24, 2.45) is 0 Å². The predicted octanol–water partition coefficient (Wildman–Crippen LogP) is 5.13. The van der Waals surface area contributed by atoms with Gasteiger partial charge in [0, 0.05) is 17.1 Å². The molecule has 0 spiro atoms. The fourth-order valence-electron chi connectivity index (χ4n) is 3.53. The van der Waals surface area contributed by atoms with Crippen LogP contribution in [0.5, 0.6) is 0 Å². The van der Waals surface area contributed by atoms with E-state index in [9.17, 15) is 14.4 Å². The maximum atomic E-state index is 11.2. The SMILES string of the molecule is N#C/C(=C\c1ccc(N(c2ccc(/C=C(\C#N)C(=O)O)cc2)c2ccc(/C=C(\C#N)C(=O)O)cc2)cc1)C(=O)O. The van der Waals surface area contributed by atoms with Crippen molar-refractivity contribution in [3.05, 3.63) is 106 Å². The Bertz CT molecular complexity index is 1480. The van der Waals surface area contributed by atoms with Crippen LogP contribution < -0.4 is 4.90 Å². The summed E-state index contributed by atoms with van der Waals surface area (Å²) < 4.78 is 0. The van der Waals surface area contributed by atoms with E-state index in [0.29, 0.717) is 33.8 Å². The molecule has 0 aromatic heterocycles. The Morgan fingerprint density at radius 3 is 0.900 bits per heavy atom. The van der Waals surface area contributed by atoms with E-state index in [2.05, 4.69) is 0 Å². The number of carboxylic acid groups (broad SMARTS) is 3. The maximum absolute atomic E-state index is 11.2. The summed E-state index contributed by atoms with van der Waals surface area (Å²) in [6.45, 7) is 0. The molecule has 194 valence electrons. The van der Waals surface area contributed by atoms with Crippen molar-refractivity contribution in [2.75, 3.05) is 4.90 Å². The van der Waals surface area contributed by atoms with Crippen LogP contribution in [0, 0.1) is 34.0 Å². The Balaban J connectivity index is 2.08. The van der Waals surface area contributed by atoms with Crippen molar-refractivity contribution in [3.8, 4) is 18.2 Å². The van der Waals surface area contributed by atoms with E-state index >= 15 is 0 Å². The summed E-state index contributed by atoms with van der Waals surface area (Å²) in [6, 6.07) is 24.9. The summed E-state index contributed by atoms with van der Waals surface area (Å²) in [5.74, 6) is -4.04. The van der Waals surface area contributed by atoms with Gasteiger partial charge in [-0.1, -0.05) is 36.4 Å². The lowest BCUT2D eigenvalue weighted by Crippen LogP contribution is -2.10. The van der Waals surface area contributed by atoms with Gasteiger partial charge in [0.15, 0.2) is 0 Å². The highest BCUT2D eigenvalue weighted by atomic mass is 16.4. The number of nitrogens with zero attached hydrogens (tertiary/aromatic N) is 4. The van der Waals surface area contributed by atoms with Crippen LogP contribution in [0.2, 0.25) is 0 Å². The van der Waals surface area contributed by atoms with E-state index in [1.54, 1.807) is 91.0 Å². The molecule has 0 saturated carbocycles. The van der Waals surface area contributed by atoms with Crippen LogP contribution in [0.25, 0.3) is 18.2 Å². The molecular formula is C30H18N4O6. The number of hydrogen-bond donors (Lipinski definition) is 3. The van der Waals surface area contributed by atoms with Gasteiger partial charge in [-0.3, -0.25) is 0 Å². The van der Waals surface area contributed by atoms with Gasteiger partial charge in [-0.2, -0.15) is 15.8 Å². The van der Waals surface area contributed by atoms with Gasteiger partial charge in [0.25, 0.3) is 0 Å². The molecule has 10 heteroatoms. The average molecular weight is 530 g/mol. The van der Waals surface area contributed by atoms with E-state index in [0.717, 1.165) is 0 Å². The van der Waals surface area contributed by atoms with Crippen molar-refractivity contribution in [1.29, 1.82) is 15.8 Å². The lowest BCUT2D eigenvalue weighted by molar-refractivity contribution is -0.133. The third-order valence-electron chi connectivity index (χ3n) is 5.44. The minimum atomic E-state index is -1.35. The Hall–Kier alpha value is -6.44. The number of hydrogen-bond acceptors (Lipinski definition) is 7. The molecular weight excluding hydrogens is 512 g/mol. The molecule has 0 aliphatic carbocycles. The molecule has 3 rings (SSSR count). The van der Waals surface area contributed by atoms with Gasteiger partial charge in [-0.05, 0) is 71.3 Å². The maximum Gasteiger partial charge on any atom is 0.346 e. The standard InChI is InChI=1S/C30H18N4O6/c31-16-22(28(35)36)13-19-1-7-25(8-2-19)34(26-9-3-20(4-10-26)14-23(17-32)29(37)38)27-11-5-21(6-12-27)15-24(18-33)30(39)40/h1-15H,(H,35,36)(H,37,38)(H,39,40)/b22-13+,23-14+,24-15+. The molecule has 40 heavy (non-hydrogen) atoms. The minimum Gasteiger partial charge on any atom is -0.477 e. The Morgan fingerprint density at radius 2 is 0.725 bits per heavy atom. The van der Waals surface area contributed by atoms with E-state index in [1.165, 1.54) is 18.2 Å². The number of rotatable bonds is 9. The van der Waals surface area contributed by atoms with Crippen LogP contribution in [-0.2, 0) is 14.4 Å². The largest absolute Gasteiger partial charge is 0.477 e. The first-order valence-corrected chi connectivity index (χ1v) is 11.3. The molecule has 10 nitrogen and oxygen atoms in total. The highest BCUT2D eigenvalue weighted by Crippen LogP contribution is 2.35. The molecule has 0 fully saturated rings. The molecule has 0 amide bonds. The van der Waals surface area contributed by atoms with Crippen LogP contribution in [0.4, 0.5) is 17.1 Å². The second-order valence-corrected chi connectivity index (χ2v) is 8.03. The predicted molar refractivity (Wildman–Crippen MR) is 145 cm³/mol. The molecule has 0 atom stereocenters. The zero-order chi connectivity index (χ0) is 29.2. The second-order valence-electron chi connectivity index (χ2n) is 8.03. The molecule has 0 heterocycles. The first-order valence-electron chi connectivity index (χ1n) is 11.3. The molecule has 0 bridgehead atoms. The fraction of sp³-hybridized carbons (Fsp3) is 0. The number of carbonyl (C=O) groups is 3. The van der Waals surface area contributed by atoms with Crippen molar-refractivity contribution in [3.63, 3.8) is 0 Å². The molecule has 3 N–H and O–H groups in total. The van der Waals surface area contributed by atoms with E-state index in [1.807, 2.05) is 4.90 Å². The first kappa shape index (κ1) is 28.1. The fourth-order valence-corrected chi connectivity index (χ4v) is 3.53. The smallest absolute Gasteiger partial charge is 0.346 e. The summed E-state index contributed by atoms with van der Waals surface area (Å²) in [7, 11) is 0. The molecule has 0 radical (unpaired) electrons. The van der Waals surface area contributed by atoms with Gasteiger partial charge < -0.3 is 20.2 Å². The average Bonchev–Trinajstić information content (AvgIpc) is 2.95. The van der Waals surface area contributed by atoms with Gasteiger partial charge >= 0.3 is 17.9 Å². The summed E-state index contributed by atoms with van der Waals surface area (Å²) >= 11 is 0. The van der Waals surface area contributed by atoms with Gasteiger partial charge in [0.1, 0.15) is 34.9 Å². The molecule has 3 aromatic carbocycles. The van der Waals surface area contributed by atoms with Gasteiger partial charge in [-0.25, -0.2) is 14.4 Å². The highest BCUT2D eigenvalue weighted by molar-refractivity contribution is 5.98. The molecule has 0 unspecified atom stereocenters. The van der Waals surface area contributed by atoms with Gasteiger partial charge in [0.05, 0.1) is 0 Å². The molecule has 0 saturated heterocycles. The summed E-state index contributed by atoms with van der Waals surface area (Å²) in [4.78, 5) is 35.3. The first-order chi connectivity index (χ1) is 19.2. The van der Waals surface area contributed by atoms with Crippen LogP contribution >= 0.6 is 0 Å². The third-order valence-corrected chi connectivity index (χ3v) is 5.44. The highest BCUT2D eigenvalue weighted by Gasteiger charge is 2.14. The Kier molecular flexibility index (Phi) is 8.92. The Morgan fingerprint density at radius 1 is 0.500 bits per heavy atom. The molecule has 0 aliphatic rings. The lowest BCUT2D eigenvalue weighted by atomic mass is 10.1. The number of benzene rings is 3. The topological polar surface area (TPSA) is 187 Å². The zero-order valence-electron chi connectivity index (χ0n) is 20.5. The number of nitriles is 3. The zero-order valence-corrected chi connectivity index (χ0v) is 20.5. The lowest BCUT2D eigenvalue weighted by Gasteiger charge is -2.26. The van der Waals surface area contributed by atoms with E-state index in [4.69, 9.17) is 31.1 Å². The molecule has 3 aromatic rings. The number of carboxylic acids is 3. The number of aliphatic carboxylic acids is 3. The molecule has 0 aliphatic heterocycles. The van der Waals surface area contributed by atoms with Crippen molar-refractivity contribution in [2.45, 2.75) is 0 Å². The van der Waals surface area contributed by atoms with Crippen molar-refractivity contribution >= 4 is 53.2 Å². The monoisotopic (exact) mass is 530 g/mol. The minimum absolute atomic E-state index is 0.423. The van der Waals surface area contributed by atoms with Gasteiger partial charge in [0.2, 0.25) is 0 Å². The van der Waals surface area contributed by atoms with E-state index < -0.39 is 34.6 Å². The summed E-state index contributed by atoms with van der Waals surface area (Å²) in [5.41, 5.74) is 2.11. The van der Waals surface area contributed by atoms with Crippen molar-refractivity contribution in [1.82, 2.24) is 0 Å². The van der Waals surface area contributed by atoms with Crippen molar-refractivity contribution < 1.29 is 29.7 Å². The van der Waals surface area contributed by atoms with Crippen LogP contribution in [0.1, 0.15) is 16.7 Å². The van der Waals surface area contributed by atoms with Crippen LogP contribution in [-0.4, -0.2) is 33.2 Å². The number of anilines is 3. The second kappa shape index (κ2) is 12.7. The van der Waals surface area contributed by atoms with E-state index in [-0.39, 0.29) is 0 Å². The normalized spacial score (nSPS) is 11.5. The quantitative estimate of drug-likeness (QED) is 0.247. The summed E-state index contributed by atoms with van der Waals surface area (Å²) in [6.07, 6.45) is 3.72. The summed E-state index contributed by atoms with van der Waals surface area (Å²) in [5, 5.41) is 54.4. The van der Waals surface area contributed by atoms with Crippen LogP contribution in [0.15, 0.2) is 89.5 Å². The Labute approximate surface area is 228 Å².